The Labute approximate surface area is 136 Å². The van der Waals surface area contributed by atoms with E-state index in [2.05, 4.69) is 4.98 Å². The second-order valence-electron chi connectivity index (χ2n) is 5.25. The van der Waals surface area contributed by atoms with Gasteiger partial charge in [0, 0.05) is 34.3 Å². The lowest BCUT2D eigenvalue weighted by Crippen LogP contribution is -2.13. The predicted molar refractivity (Wildman–Crippen MR) is 85.9 cm³/mol. The van der Waals surface area contributed by atoms with Crippen molar-refractivity contribution in [2.75, 3.05) is 6.61 Å². The molecule has 122 valence electrons. The predicted octanol–water partition coefficient (Wildman–Crippen LogP) is 3.79. The summed E-state index contributed by atoms with van der Waals surface area (Å²) in [5.41, 5.74) is 1.57. The molecular weight excluding hydrogens is 315 g/mol. The Morgan fingerprint density at radius 2 is 2.04 bits per heavy atom. The molecule has 6 nitrogen and oxygen atoms in total. The maximum absolute atomic E-state index is 13.3. The molecule has 1 aromatic heterocycles. The minimum atomic E-state index is -0.684. The van der Waals surface area contributed by atoms with Crippen molar-refractivity contribution in [2.45, 2.75) is 6.92 Å². The first-order chi connectivity index (χ1) is 11.5. The molecule has 0 saturated heterocycles. The summed E-state index contributed by atoms with van der Waals surface area (Å²) in [5.74, 6) is -1.29. The van der Waals surface area contributed by atoms with Crippen LogP contribution in [-0.2, 0) is 0 Å². The van der Waals surface area contributed by atoms with Gasteiger partial charge in [-0.15, -0.1) is 0 Å². The number of halogens is 1. The number of nitrogens with zero attached hydrogens (tertiary/aromatic N) is 1. The first kappa shape index (κ1) is 15.7. The lowest BCUT2D eigenvalue weighted by molar-refractivity contribution is -0.385. The van der Waals surface area contributed by atoms with E-state index in [1.54, 1.807) is 13.0 Å². The molecule has 3 aromatic rings. The number of aryl methyl sites for hydroxylation is 1. The van der Waals surface area contributed by atoms with Crippen LogP contribution >= 0.6 is 0 Å². The highest BCUT2D eigenvalue weighted by Crippen LogP contribution is 2.28. The molecule has 3 rings (SSSR count). The third kappa shape index (κ3) is 2.83. The molecule has 0 aliphatic heterocycles. The Hall–Kier alpha value is -3.22. The fourth-order valence-electron chi connectivity index (χ4n) is 2.61. The van der Waals surface area contributed by atoms with Crippen LogP contribution in [0.3, 0.4) is 0 Å². The van der Waals surface area contributed by atoms with E-state index in [0.29, 0.717) is 11.3 Å². The number of nitro groups is 1. The van der Waals surface area contributed by atoms with Crippen LogP contribution < -0.4 is 4.74 Å². The zero-order chi connectivity index (χ0) is 17.3. The van der Waals surface area contributed by atoms with E-state index in [0.717, 1.165) is 29.1 Å². The van der Waals surface area contributed by atoms with Crippen LogP contribution in [0, 0.1) is 22.9 Å². The summed E-state index contributed by atoms with van der Waals surface area (Å²) in [6.07, 6.45) is 0. The van der Waals surface area contributed by atoms with Crippen LogP contribution in [0.4, 0.5) is 10.1 Å². The van der Waals surface area contributed by atoms with Gasteiger partial charge in [-0.1, -0.05) is 18.2 Å². The summed E-state index contributed by atoms with van der Waals surface area (Å²) in [7, 11) is 0. The van der Waals surface area contributed by atoms with Gasteiger partial charge >= 0.3 is 5.69 Å². The van der Waals surface area contributed by atoms with Crippen LogP contribution in [0.1, 0.15) is 16.1 Å². The number of fused-ring (bicyclic) bond motifs is 1. The second-order valence-corrected chi connectivity index (χ2v) is 5.25. The lowest BCUT2D eigenvalue weighted by atomic mass is 10.1. The number of para-hydroxylation sites is 1. The number of ketones is 1. The quantitative estimate of drug-likeness (QED) is 0.439. The number of H-pyrrole nitrogens is 1. The highest BCUT2D eigenvalue weighted by Gasteiger charge is 2.20. The average Bonchev–Trinajstić information content (AvgIpc) is 2.88. The Balaban J connectivity index is 1.87. The normalized spacial score (nSPS) is 10.8. The summed E-state index contributed by atoms with van der Waals surface area (Å²) in [5, 5.41) is 11.7. The van der Waals surface area contributed by atoms with Crippen LogP contribution in [0.5, 0.6) is 5.75 Å². The minimum absolute atomic E-state index is 0.272. The molecule has 7 heteroatoms. The van der Waals surface area contributed by atoms with E-state index in [9.17, 15) is 19.3 Å². The van der Waals surface area contributed by atoms with Crippen molar-refractivity contribution in [3.05, 3.63) is 69.7 Å². The van der Waals surface area contributed by atoms with Crippen molar-refractivity contribution >= 4 is 22.4 Å². The molecule has 0 unspecified atom stereocenters. The fourth-order valence-corrected chi connectivity index (χ4v) is 2.61. The number of aromatic nitrogens is 1. The maximum atomic E-state index is 13.3. The highest BCUT2D eigenvalue weighted by atomic mass is 19.1. The van der Waals surface area contributed by atoms with Crippen molar-refractivity contribution in [3.8, 4) is 5.75 Å². The van der Waals surface area contributed by atoms with Gasteiger partial charge < -0.3 is 9.72 Å². The van der Waals surface area contributed by atoms with E-state index < -0.39 is 17.3 Å². The average molecular weight is 328 g/mol. The van der Waals surface area contributed by atoms with Crippen LogP contribution in [0.15, 0.2) is 42.5 Å². The van der Waals surface area contributed by atoms with Gasteiger partial charge in [-0.2, -0.15) is 0 Å². The van der Waals surface area contributed by atoms with E-state index in [1.807, 2.05) is 18.2 Å². The number of hydrogen-bond donors (Lipinski definition) is 1. The first-order valence-corrected chi connectivity index (χ1v) is 7.14. The van der Waals surface area contributed by atoms with Crippen molar-refractivity contribution in [1.29, 1.82) is 0 Å². The molecule has 0 aliphatic carbocycles. The van der Waals surface area contributed by atoms with Gasteiger partial charge in [0.1, 0.15) is 5.82 Å². The molecule has 2 aromatic carbocycles. The third-order valence-corrected chi connectivity index (χ3v) is 3.65. The molecule has 0 radical (unpaired) electrons. The summed E-state index contributed by atoms with van der Waals surface area (Å²) in [4.78, 5) is 25.8. The topological polar surface area (TPSA) is 85.2 Å². The molecular formula is C17H13FN2O4. The number of rotatable bonds is 5. The number of ether oxygens (including phenoxy) is 1. The monoisotopic (exact) mass is 328 g/mol. The Bertz CT molecular complexity index is 949. The molecule has 0 bridgehead atoms. The van der Waals surface area contributed by atoms with Crippen LogP contribution in [0.25, 0.3) is 10.9 Å². The van der Waals surface area contributed by atoms with E-state index in [4.69, 9.17) is 4.74 Å². The number of nitro benzene ring substituents is 1. The molecule has 1 N–H and O–H groups in total. The Morgan fingerprint density at radius 1 is 1.29 bits per heavy atom. The van der Waals surface area contributed by atoms with Gasteiger partial charge in [0.05, 0.1) is 4.92 Å². The summed E-state index contributed by atoms with van der Waals surface area (Å²) in [6.45, 7) is 1.34. The molecule has 0 atom stereocenters. The number of benzene rings is 2. The van der Waals surface area contributed by atoms with E-state index in [-0.39, 0.29) is 17.2 Å². The number of nitrogens with one attached hydrogen (secondary N) is 1. The molecule has 0 saturated carbocycles. The van der Waals surface area contributed by atoms with Gasteiger partial charge in [0.25, 0.3) is 0 Å². The first-order valence-electron chi connectivity index (χ1n) is 7.14. The number of carbonyl (C=O) groups excluding carboxylic acids is 1. The standard InChI is InChI=1S/C17H13FN2O4/c1-10-17(12-4-2-3-5-13(12)19-10)15(21)9-24-16-8-11(18)6-7-14(16)20(22)23/h2-8,19H,9H2,1H3. The lowest BCUT2D eigenvalue weighted by Gasteiger charge is -2.06. The molecule has 24 heavy (non-hydrogen) atoms. The Morgan fingerprint density at radius 3 is 2.79 bits per heavy atom. The molecule has 0 spiro atoms. The fraction of sp³-hybridized carbons (Fsp3) is 0.118. The number of hydrogen-bond acceptors (Lipinski definition) is 4. The van der Waals surface area contributed by atoms with Crippen molar-refractivity contribution in [3.63, 3.8) is 0 Å². The van der Waals surface area contributed by atoms with E-state index >= 15 is 0 Å². The highest BCUT2D eigenvalue weighted by molar-refractivity contribution is 6.09. The van der Waals surface area contributed by atoms with Crippen molar-refractivity contribution in [2.24, 2.45) is 0 Å². The van der Waals surface area contributed by atoms with Gasteiger partial charge in [-0.25, -0.2) is 4.39 Å². The summed E-state index contributed by atoms with van der Waals surface area (Å²) in [6, 6.07) is 10.2. The van der Waals surface area contributed by atoms with Crippen molar-refractivity contribution < 1.29 is 18.8 Å². The Kier molecular flexibility index (Phi) is 3.99. The number of carbonyl (C=O) groups is 1. The summed E-state index contributed by atoms with van der Waals surface area (Å²) >= 11 is 0. The van der Waals surface area contributed by atoms with Gasteiger partial charge in [0.15, 0.2) is 12.4 Å². The van der Waals surface area contributed by atoms with Gasteiger partial charge in [0.2, 0.25) is 5.78 Å². The van der Waals surface area contributed by atoms with Gasteiger partial charge in [-0.3, -0.25) is 14.9 Å². The summed E-state index contributed by atoms with van der Waals surface area (Å²) < 4.78 is 18.5. The van der Waals surface area contributed by atoms with E-state index in [1.165, 1.54) is 0 Å². The maximum Gasteiger partial charge on any atom is 0.311 e. The third-order valence-electron chi connectivity index (χ3n) is 3.65. The van der Waals surface area contributed by atoms with Crippen molar-refractivity contribution in [1.82, 2.24) is 4.98 Å². The SMILES string of the molecule is Cc1[nH]c2ccccc2c1C(=O)COc1cc(F)ccc1[N+](=O)[O-]. The number of aromatic amines is 1. The second kappa shape index (κ2) is 6.11. The van der Waals surface area contributed by atoms with Gasteiger partial charge in [-0.05, 0) is 19.1 Å². The largest absolute Gasteiger partial charge is 0.478 e. The molecule has 0 aliphatic rings. The van der Waals surface area contributed by atoms with Crippen LogP contribution in [-0.4, -0.2) is 22.3 Å². The zero-order valence-corrected chi connectivity index (χ0v) is 12.7. The molecule has 0 fully saturated rings. The minimum Gasteiger partial charge on any atom is -0.478 e. The molecule has 0 amide bonds. The molecule has 1 heterocycles. The van der Waals surface area contributed by atoms with Crippen LogP contribution in [0.2, 0.25) is 0 Å². The number of Topliss-reactive ketones (excluding diaryl/α,β-unsaturated/α-hetero) is 1. The zero-order valence-electron chi connectivity index (χ0n) is 12.7. The smallest absolute Gasteiger partial charge is 0.311 e.